The third-order valence-electron chi connectivity index (χ3n) is 3.45. The lowest BCUT2D eigenvalue weighted by molar-refractivity contribution is 0.0583. The standard InChI is InChI=1S/C9H19N/c1-3-9(5-4-6-9)8(2)7-10/h8H,3-7,10H2,1-2H3. The molecular weight excluding hydrogens is 122 g/mol. The molecule has 2 N–H and O–H groups in total. The molecule has 0 aromatic carbocycles. The van der Waals surface area contributed by atoms with Crippen LogP contribution in [0, 0.1) is 11.3 Å². The van der Waals surface area contributed by atoms with Gasteiger partial charge in [-0.15, -0.1) is 0 Å². The predicted octanol–water partition coefficient (Wildman–Crippen LogP) is 2.16. The Bertz CT molecular complexity index is 99.8. The highest BCUT2D eigenvalue weighted by Crippen LogP contribution is 2.49. The van der Waals surface area contributed by atoms with Gasteiger partial charge in [-0.25, -0.2) is 0 Å². The first-order chi connectivity index (χ1) is 4.75. The molecule has 10 heavy (non-hydrogen) atoms. The van der Waals surface area contributed by atoms with Crippen molar-refractivity contribution in [3.05, 3.63) is 0 Å². The fourth-order valence-corrected chi connectivity index (χ4v) is 2.08. The van der Waals surface area contributed by atoms with Crippen molar-refractivity contribution in [2.45, 2.75) is 39.5 Å². The number of hydrogen-bond donors (Lipinski definition) is 1. The Morgan fingerprint density at radius 2 is 2.10 bits per heavy atom. The van der Waals surface area contributed by atoms with Crippen molar-refractivity contribution in [2.24, 2.45) is 17.1 Å². The molecule has 0 aromatic heterocycles. The summed E-state index contributed by atoms with van der Waals surface area (Å²) in [5, 5.41) is 0. The van der Waals surface area contributed by atoms with Crippen molar-refractivity contribution in [2.75, 3.05) is 6.54 Å². The largest absolute Gasteiger partial charge is 0.330 e. The zero-order valence-electron chi connectivity index (χ0n) is 7.19. The van der Waals surface area contributed by atoms with E-state index < -0.39 is 0 Å². The molecule has 1 aliphatic rings. The van der Waals surface area contributed by atoms with Crippen LogP contribution in [-0.2, 0) is 0 Å². The van der Waals surface area contributed by atoms with Crippen molar-refractivity contribution in [1.29, 1.82) is 0 Å². The maximum atomic E-state index is 5.64. The van der Waals surface area contributed by atoms with Gasteiger partial charge >= 0.3 is 0 Å². The summed E-state index contributed by atoms with van der Waals surface area (Å²) < 4.78 is 0. The molecule has 0 saturated heterocycles. The molecule has 1 unspecified atom stereocenters. The second kappa shape index (κ2) is 2.91. The van der Waals surface area contributed by atoms with E-state index in [0.717, 1.165) is 12.5 Å². The van der Waals surface area contributed by atoms with Crippen LogP contribution >= 0.6 is 0 Å². The summed E-state index contributed by atoms with van der Waals surface area (Å²) in [5.41, 5.74) is 6.29. The van der Waals surface area contributed by atoms with Gasteiger partial charge < -0.3 is 5.73 Å². The second-order valence-electron chi connectivity index (χ2n) is 3.71. The average Bonchev–Trinajstić information content (AvgIpc) is 1.86. The third kappa shape index (κ3) is 1.07. The second-order valence-corrected chi connectivity index (χ2v) is 3.71. The molecule has 1 nitrogen and oxygen atoms in total. The van der Waals surface area contributed by atoms with Gasteiger partial charge in [-0.05, 0) is 30.7 Å². The summed E-state index contributed by atoms with van der Waals surface area (Å²) in [5.74, 6) is 0.742. The summed E-state index contributed by atoms with van der Waals surface area (Å²) in [6, 6.07) is 0. The van der Waals surface area contributed by atoms with Crippen LogP contribution in [0.1, 0.15) is 39.5 Å². The molecule has 1 saturated carbocycles. The van der Waals surface area contributed by atoms with E-state index in [1.807, 2.05) is 0 Å². The highest BCUT2D eigenvalue weighted by atomic mass is 14.6. The van der Waals surface area contributed by atoms with Crippen molar-refractivity contribution < 1.29 is 0 Å². The number of nitrogens with two attached hydrogens (primary N) is 1. The van der Waals surface area contributed by atoms with Gasteiger partial charge in [0, 0.05) is 0 Å². The highest BCUT2D eigenvalue weighted by Gasteiger charge is 2.38. The Labute approximate surface area is 64.0 Å². The van der Waals surface area contributed by atoms with E-state index in [1.165, 1.54) is 25.7 Å². The molecule has 1 rings (SSSR count). The Morgan fingerprint density at radius 3 is 2.20 bits per heavy atom. The number of rotatable bonds is 3. The summed E-state index contributed by atoms with van der Waals surface area (Å²) in [6.07, 6.45) is 5.59. The molecule has 1 aliphatic carbocycles. The SMILES string of the molecule is CCC1(C(C)CN)CCC1. The van der Waals surface area contributed by atoms with Gasteiger partial charge in [-0.3, -0.25) is 0 Å². The Balaban J connectivity index is 2.46. The van der Waals surface area contributed by atoms with Crippen LogP contribution < -0.4 is 5.73 Å². The molecule has 0 radical (unpaired) electrons. The van der Waals surface area contributed by atoms with Crippen LogP contribution in [0.3, 0.4) is 0 Å². The Hall–Kier alpha value is -0.0400. The molecule has 0 spiro atoms. The lowest BCUT2D eigenvalue weighted by atomic mass is 9.60. The molecule has 1 heteroatoms. The van der Waals surface area contributed by atoms with Crippen molar-refractivity contribution in [3.8, 4) is 0 Å². The smallest absolute Gasteiger partial charge is 0.00462 e. The summed E-state index contributed by atoms with van der Waals surface area (Å²) in [6.45, 7) is 5.46. The van der Waals surface area contributed by atoms with Gasteiger partial charge in [0.05, 0.1) is 0 Å². The van der Waals surface area contributed by atoms with E-state index in [2.05, 4.69) is 13.8 Å². The quantitative estimate of drug-likeness (QED) is 0.640. The van der Waals surface area contributed by atoms with Crippen LogP contribution in [0.15, 0.2) is 0 Å². The maximum Gasteiger partial charge on any atom is -0.00462 e. The van der Waals surface area contributed by atoms with Crippen LogP contribution in [0.4, 0.5) is 0 Å². The Morgan fingerprint density at radius 1 is 1.50 bits per heavy atom. The van der Waals surface area contributed by atoms with Crippen LogP contribution in [-0.4, -0.2) is 6.54 Å². The lowest BCUT2D eigenvalue weighted by Gasteiger charge is -2.46. The summed E-state index contributed by atoms with van der Waals surface area (Å²) in [4.78, 5) is 0. The normalized spacial score (nSPS) is 25.5. The molecule has 0 aromatic rings. The zero-order valence-corrected chi connectivity index (χ0v) is 7.19. The molecule has 1 fully saturated rings. The van der Waals surface area contributed by atoms with Gasteiger partial charge in [-0.1, -0.05) is 26.7 Å². The Kier molecular flexibility index (Phi) is 2.35. The minimum absolute atomic E-state index is 0.648. The number of hydrogen-bond acceptors (Lipinski definition) is 1. The van der Waals surface area contributed by atoms with Gasteiger partial charge in [0.2, 0.25) is 0 Å². The van der Waals surface area contributed by atoms with Crippen LogP contribution in [0.2, 0.25) is 0 Å². The molecule has 0 bridgehead atoms. The predicted molar refractivity (Wildman–Crippen MR) is 44.8 cm³/mol. The van der Waals surface area contributed by atoms with E-state index in [4.69, 9.17) is 5.73 Å². The van der Waals surface area contributed by atoms with Crippen LogP contribution in [0.5, 0.6) is 0 Å². The van der Waals surface area contributed by atoms with Gasteiger partial charge in [-0.2, -0.15) is 0 Å². The first-order valence-corrected chi connectivity index (χ1v) is 4.45. The topological polar surface area (TPSA) is 26.0 Å². The summed E-state index contributed by atoms with van der Waals surface area (Å²) in [7, 11) is 0. The third-order valence-corrected chi connectivity index (χ3v) is 3.45. The first kappa shape index (κ1) is 8.06. The van der Waals surface area contributed by atoms with Gasteiger partial charge in [0.1, 0.15) is 0 Å². The molecule has 60 valence electrons. The van der Waals surface area contributed by atoms with E-state index >= 15 is 0 Å². The van der Waals surface area contributed by atoms with Gasteiger partial charge in [0.25, 0.3) is 0 Å². The highest BCUT2D eigenvalue weighted by molar-refractivity contribution is 4.90. The molecule has 0 heterocycles. The monoisotopic (exact) mass is 141 g/mol. The molecule has 1 atom stereocenters. The average molecular weight is 141 g/mol. The molecule has 0 aliphatic heterocycles. The minimum Gasteiger partial charge on any atom is -0.330 e. The first-order valence-electron chi connectivity index (χ1n) is 4.45. The zero-order chi connectivity index (χ0) is 7.61. The van der Waals surface area contributed by atoms with Crippen molar-refractivity contribution in [3.63, 3.8) is 0 Å². The van der Waals surface area contributed by atoms with Crippen molar-refractivity contribution in [1.82, 2.24) is 0 Å². The molecular formula is C9H19N. The molecule has 0 amide bonds. The lowest BCUT2D eigenvalue weighted by Crippen LogP contribution is -2.38. The fraction of sp³-hybridized carbons (Fsp3) is 1.00. The van der Waals surface area contributed by atoms with Gasteiger partial charge in [0.15, 0.2) is 0 Å². The maximum absolute atomic E-state index is 5.64. The van der Waals surface area contributed by atoms with E-state index in [0.29, 0.717) is 5.41 Å². The fourth-order valence-electron chi connectivity index (χ4n) is 2.08. The summed E-state index contributed by atoms with van der Waals surface area (Å²) >= 11 is 0. The van der Waals surface area contributed by atoms with E-state index in [-0.39, 0.29) is 0 Å². The van der Waals surface area contributed by atoms with Crippen LogP contribution in [0.25, 0.3) is 0 Å². The van der Waals surface area contributed by atoms with E-state index in [1.54, 1.807) is 0 Å². The van der Waals surface area contributed by atoms with Crippen molar-refractivity contribution >= 4 is 0 Å². The van der Waals surface area contributed by atoms with E-state index in [9.17, 15) is 0 Å². The minimum atomic E-state index is 0.648.